The van der Waals surface area contributed by atoms with Crippen LogP contribution in [-0.4, -0.2) is 42.2 Å². The van der Waals surface area contributed by atoms with Crippen LogP contribution in [0.2, 0.25) is 0 Å². The number of aromatic nitrogens is 1. The van der Waals surface area contributed by atoms with E-state index in [1.54, 1.807) is 0 Å². The standard InChI is InChI=1S/C14H20FN3/c15-13-3-7-17-10-14(13)4-8-18(11-14)9-12-1-5-16-6-2-12/h1-2,5-6,13,17H,3-4,7-11H2/t13-,14-/m0/s1. The van der Waals surface area contributed by atoms with E-state index in [0.29, 0.717) is 6.42 Å². The lowest BCUT2D eigenvalue weighted by molar-refractivity contribution is 0.0748. The molecule has 1 N–H and O–H groups in total. The van der Waals surface area contributed by atoms with Gasteiger partial charge in [0.2, 0.25) is 0 Å². The molecule has 2 fully saturated rings. The molecule has 0 unspecified atom stereocenters. The Labute approximate surface area is 107 Å². The number of likely N-dealkylation sites (tertiary alicyclic amines) is 1. The summed E-state index contributed by atoms with van der Waals surface area (Å²) in [6.07, 6.45) is 4.65. The van der Waals surface area contributed by atoms with Gasteiger partial charge in [-0.2, -0.15) is 0 Å². The van der Waals surface area contributed by atoms with E-state index in [0.717, 1.165) is 39.1 Å². The Hall–Kier alpha value is -1.00. The van der Waals surface area contributed by atoms with Crippen LogP contribution < -0.4 is 5.32 Å². The molecule has 0 radical (unpaired) electrons. The molecule has 3 rings (SSSR count). The van der Waals surface area contributed by atoms with Crippen LogP contribution in [-0.2, 0) is 6.54 Å². The van der Waals surface area contributed by atoms with Gasteiger partial charge in [-0.05, 0) is 43.6 Å². The molecule has 1 aromatic heterocycles. The first-order valence-corrected chi connectivity index (χ1v) is 6.75. The first-order valence-electron chi connectivity index (χ1n) is 6.75. The molecule has 98 valence electrons. The fraction of sp³-hybridized carbons (Fsp3) is 0.643. The van der Waals surface area contributed by atoms with Crippen molar-refractivity contribution in [3.63, 3.8) is 0 Å². The van der Waals surface area contributed by atoms with Crippen molar-refractivity contribution in [2.24, 2.45) is 5.41 Å². The van der Waals surface area contributed by atoms with Crippen molar-refractivity contribution < 1.29 is 4.39 Å². The predicted octanol–water partition coefficient (Wildman–Crippen LogP) is 1.61. The molecule has 0 aromatic carbocycles. The lowest BCUT2D eigenvalue weighted by Gasteiger charge is -2.37. The van der Waals surface area contributed by atoms with Crippen LogP contribution in [0.1, 0.15) is 18.4 Å². The molecule has 4 heteroatoms. The largest absolute Gasteiger partial charge is 0.316 e. The third kappa shape index (κ3) is 2.27. The Balaban J connectivity index is 1.64. The maximum absolute atomic E-state index is 14.2. The Morgan fingerprint density at radius 2 is 2.28 bits per heavy atom. The number of piperidine rings is 1. The summed E-state index contributed by atoms with van der Waals surface area (Å²) in [4.78, 5) is 6.40. The summed E-state index contributed by atoms with van der Waals surface area (Å²) < 4.78 is 14.2. The highest BCUT2D eigenvalue weighted by Crippen LogP contribution is 2.38. The summed E-state index contributed by atoms with van der Waals surface area (Å²) in [6.45, 7) is 4.46. The normalized spacial score (nSPS) is 33.1. The van der Waals surface area contributed by atoms with Crippen molar-refractivity contribution in [1.29, 1.82) is 0 Å². The Bertz CT molecular complexity index is 397. The fourth-order valence-electron chi connectivity index (χ4n) is 3.25. The number of hydrogen-bond donors (Lipinski definition) is 1. The van der Waals surface area contributed by atoms with Crippen LogP contribution in [0.15, 0.2) is 24.5 Å². The van der Waals surface area contributed by atoms with Gasteiger partial charge in [-0.15, -0.1) is 0 Å². The van der Waals surface area contributed by atoms with Gasteiger partial charge in [-0.3, -0.25) is 9.88 Å². The summed E-state index contributed by atoms with van der Waals surface area (Å²) >= 11 is 0. The van der Waals surface area contributed by atoms with Gasteiger partial charge in [-0.1, -0.05) is 0 Å². The zero-order chi connectivity index (χ0) is 12.4. The highest BCUT2D eigenvalue weighted by molar-refractivity contribution is 5.10. The molecule has 1 spiro atoms. The third-order valence-corrected chi connectivity index (χ3v) is 4.34. The van der Waals surface area contributed by atoms with E-state index in [1.807, 2.05) is 24.5 Å². The molecule has 18 heavy (non-hydrogen) atoms. The molecule has 1 aromatic rings. The Kier molecular flexibility index (Phi) is 3.31. The van der Waals surface area contributed by atoms with E-state index in [2.05, 4.69) is 15.2 Å². The number of nitrogens with zero attached hydrogens (tertiary/aromatic N) is 2. The minimum atomic E-state index is -0.638. The highest BCUT2D eigenvalue weighted by Gasteiger charge is 2.46. The van der Waals surface area contributed by atoms with Gasteiger partial charge in [0.1, 0.15) is 6.17 Å². The average Bonchev–Trinajstić information content (AvgIpc) is 2.79. The van der Waals surface area contributed by atoms with E-state index in [4.69, 9.17) is 0 Å². The quantitative estimate of drug-likeness (QED) is 0.863. The zero-order valence-corrected chi connectivity index (χ0v) is 10.6. The van der Waals surface area contributed by atoms with Crippen molar-refractivity contribution in [3.05, 3.63) is 30.1 Å². The first-order chi connectivity index (χ1) is 8.78. The van der Waals surface area contributed by atoms with E-state index in [1.165, 1.54) is 5.56 Å². The van der Waals surface area contributed by atoms with Gasteiger partial charge in [0.15, 0.2) is 0 Å². The minimum absolute atomic E-state index is 0.134. The lowest BCUT2D eigenvalue weighted by atomic mass is 9.78. The van der Waals surface area contributed by atoms with Crippen LogP contribution >= 0.6 is 0 Å². The van der Waals surface area contributed by atoms with Gasteiger partial charge in [0.05, 0.1) is 0 Å². The second-order valence-electron chi connectivity index (χ2n) is 5.61. The molecule has 2 aliphatic rings. The predicted molar refractivity (Wildman–Crippen MR) is 68.9 cm³/mol. The van der Waals surface area contributed by atoms with Crippen LogP contribution in [0.25, 0.3) is 0 Å². The second-order valence-corrected chi connectivity index (χ2v) is 5.61. The molecule has 0 bridgehead atoms. The monoisotopic (exact) mass is 249 g/mol. The number of hydrogen-bond acceptors (Lipinski definition) is 3. The smallest absolute Gasteiger partial charge is 0.109 e. The number of nitrogens with one attached hydrogen (secondary N) is 1. The molecule has 3 heterocycles. The van der Waals surface area contributed by atoms with Crippen LogP contribution in [0, 0.1) is 5.41 Å². The summed E-state index contributed by atoms with van der Waals surface area (Å²) in [5, 5.41) is 3.36. The maximum atomic E-state index is 14.2. The van der Waals surface area contributed by atoms with Gasteiger partial charge in [0.25, 0.3) is 0 Å². The van der Waals surface area contributed by atoms with Crippen molar-refractivity contribution in [2.45, 2.75) is 25.6 Å². The van der Waals surface area contributed by atoms with Crippen LogP contribution in [0.3, 0.4) is 0 Å². The number of rotatable bonds is 2. The number of halogens is 1. The van der Waals surface area contributed by atoms with Crippen molar-refractivity contribution in [3.8, 4) is 0 Å². The SMILES string of the molecule is F[C@H]1CCNC[C@]12CCN(Cc1ccncc1)C2. The van der Waals surface area contributed by atoms with Gasteiger partial charge in [0, 0.05) is 37.4 Å². The molecular formula is C14H20FN3. The van der Waals surface area contributed by atoms with Gasteiger partial charge >= 0.3 is 0 Å². The van der Waals surface area contributed by atoms with E-state index in [9.17, 15) is 4.39 Å². The summed E-state index contributed by atoms with van der Waals surface area (Å²) in [5.41, 5.74) is 1.13. The first kappa shape index (κ1) is 12.1. The van der Waals surface area contributed by atoms with Crippen molar-refractivity contribution >= 4 is 0 Å². The topological polar surface area (TPSA) is 28.2 Å². The molecular weight excluding hydrogens is 229 g/mol. The number of pyridine rings is 1. The molecule has 2 saturated heterocycles. The van der Waals surface area contributed by atoms with Crippen LogP contribution in [0.4, 0.5) is 4.39 Å². The maximum Gasteiger partial charge on any atom is 0.109 e. The van der Waals surface area contributed by atoms with Crippen molar-refractivity contribution in [2.75, 3.05) is 26.2 Å². The summed E-state index contributed by atoms with van der Waals surface area (Å²) in [6, 6.07) is 4.08. The number of alkyl halides is 1. The lowest BCUT2D eigenvalue weighted by Crippen LogP contribution is -2.49. The summed E-state index contributed by atoms with van der Waals surface area (Å²) in [7, 11) is 0. The molecule has 2 aliphatic heterocycles. The Morgan fingerprint density at radius 3 is 3.06 bits per heavy atom. The average molecular weight is 249 g/mol. The van der Waals surface area contributed by atoms with E-state index in [-0.39, 0.29) is 5.41 Å². The molecule has 0 amide bonds. The minimum Gasteiger partial charge on any atom is -0.316 e. The fourth-order valence-corrected chi connectivity index (χ4v) is 3.25. The van der Waals surface area contributed by atoms with Crippen LogP contribution in [0.5, 0.6) is 0 Å². The third-order valence-electron chi connectivity index (χ3n) is 4.34. The van der Waals surface area contributed by atoms with Gasteiger partial charge in [-0.25, -0.2) is 4.39 Å². The van der Waals surface area contributed by atoms with Gasteiger partial charge < -0.3 is 5.32 Å². The molecule has 2 atom stereocenters. The second kappa shape index (κ2) is 4.94. The molecule has 3 nitrogen and oxygen atoms in total. The molecule has 0 saturated carbocycles. The molecule has 0 aliphatic carbocycles. The van der Waals surface area contributed by atoms with E-state index < -0.39 is 6.17 Å². The Morgan fingerprint density at radius 1 is 1.44 bits per heavy atom. The zero-order valence-electron chi connectivity index (χ0n) is 10.6. The summed E-state index contributed by atoms with van der Waals surface area (Å²) in [5.74, 6) is 0. The van der Waals surface area contributed by atoms with E-state index >= 15 is 0 Å². The highest BCUT2D eigenvalue weighted by atomic mass is 19.1. The van der Waals surface area contributed by atoms with Crippen molar-refractivity contribution in [1.82, 2.24) is 15.2 Å².